The molecule has 100 valence electrons. The van der Waals surface area contributed by atoms with Crippen LogP contribution < -0.4 is 5.73 Å². The zero-order valence-corrected chi connectivity index (χ0v) is 12.6. The molecular weight excluding hydrogens is 306 g/mol. The Morgan fingerprint density at radius 3 is 2.95 bits per heavy atom. The van der Waals surface area contributed by atoms with Gasteiger partial charge in [-0.25, -0.2) is 9.97 Å². The number of furan rings is 1. The summed E-state index contributed by atoms with van der Waals surface area (Å²) in [6.07, 6.45) is 5.35. The summed E-state index contributed by atoms with van der Waals surface area (Å²) in [5.74, 6) is 1.28. The number of hydrogen-bond donors (Lipinski definition) is 1. The van der Waals surface area contributed by atoms with Crippen molar-refractivity contribution < 1.29 is 4.42 Å². The van der Waals surface area contributed by atoms with Gasteiger partial charge in [-0.2, -0.15) is 0 Å². The Labute approximate surface area is 120 Å². The van der Waals surface area contributed by atoms with E-state index in [4.69, 9.17) is 10.2 Å². The molecular formula is C14H16BrN3O. The third kappa shape index (κ3) is 2.32. The number of hydrogen-bond acceptors (Lipinski definition) is 4. The van der Waals surface area contributed by atoms with Crippen LogP contribution in [-0.4, -0.2) is 9.97 Å². The second-order valence-electron chi connectivity index (χ2n) is 5.84. The van der Waals surface area contributed by atoms with Crippen molar-refractivity contribution in [3.63, 3.8) is 0 Å². The molecule has 0 aromatic carbocycles. The zero-order chi connectivity index (χ0) is 13.6. The van der Waals surface area contributed by atoms with E-state index in [9.17, 15) is 0 Å². The van der Waals surface area contributed by atoms with Crippen molar-refractivity contribution in [1.29, 1.82) is 0 Å². The molecule has 0 radical (unpaired) electrons. The number of halogens is 1. The van der Waals surface area contributed by atoms with Crippen LogP contribution in [0.2, 0.25) is 0 Å². The molecule has 0 aliphatic heterocycles. The molecule has 0 saturated carbocycles. The molecule has 2 N–H and O–H groups in total. The van der Waals surface area contributed by atoms with Crippen LogP contribution >= 0.6 is 15.9 Å². The molecule has 1 atom stereocenters. The lowest BCUT2D eigenvalue weighted by Gasteiger charge is -2.34. The van der Waals surface area contributed by atoms with E-state index in [-0.39, 0.29) is 11.5 Å². The summed E-state index contributed by atoms with van der Waals surface area (Å²) in [4.78, 5) is 9.03. The Morgan fingerprint density at radius 1 is 1.47 bits per heavy atom. The normalized spacial score (nSPS) is 21.2. The standard InChI is InChI=1S/C14H16BrN3O/c1-14(2)5-10(16)8-7-17-13(18-11(8)6-14)12-9(15)3-4-19-12/h3-4,7,10H,5-6,16H2,1-2H3. The van der Waals surface area contributed by atoms with Crippen LogP contribution in [0.4, 0.5) is 0 Å². The first-order valence-electron chi connectivity index (χ1n) is 6.31. The van der Waals surface area contributed by atoms with Crippen LogP contribution in [0, 0.1) is 5.41 Å². The number of nitrogens with zero attached hydrogens (tertiary/aromatic N) is 2. The summed E-state index contributed by atoms with van der Waals surface area (Å²) in [6.45, 7) is 4.45. The molecule has 0 fully saturated rings. The summed E-state index contributed by atoms with van der Waals surface area (Å²) >= 11 is 3.43. The van der Waals surface area contributed by atoms with E-state index in [1.165, 1.54) is 0 Å². The first-order valence-corrected chi connectivity index (χ1v) is 7.10. The Morgan fingerprint density at radius 2 is 2.26 bits per heavy atom. The predicted octanol–water partition coefficient (Wildman–Crippen LogP) is 3.47. The molecule has 3 rings (SSSR count). The highest BCUT2D eigenvalue weighted by atomic mass is 79.9. The van der Waals surface area contributed by atoms with Crippen LogP contribution in [0.15, 0.2) is 27.4 Å². The highest BCUT2D eigenvalue weighted by molar-refractivity contribution is 9.10. The highest BCUT2D eigenvalue weighted by Crippen LogP contribution is 2.39. The van der Waals surface area contributed by atoms with E-state index >= 15 is 0 Å². The van der Waals surface area contributed by atoms with Gasteiger partial charge in [-0.3, -0.25) is 0 Å². The van der Waals surface area contributed by atoms with Gasteiger partial charge in [-0.05, 0) is 40.3 Å². The minimum atomic E-state index is 0.0211. The largest absolute Gasteiger partial charge is 0.460 e. The van der Waals surface area contributed by atoms with Crippen molar-refractivity contribution in [3.8, 4) is 11.6 Å². The van der Waals surface area contributed by atoms with Crippen molar-refractivity contribution in [2.24, 2.45) is 11.1 Å². The van der Waals surface area contributed by atoms with Gasteiger partial charge < -0.3 is 10.2 Å². The lowest BCUT2D eigenvalue weighted by molar-refractivity contribution is 0.278. The molecule has 0 amide bonds. The van der Waals surface area contributed by atoms with Crippen LogP contribution in [0.3, 0.4) is 0 Å². The minimum Gasteiger partial charge on any atom is -0.460 e. The van der Waals surface area contributed by atoms with Gasteiger partial charge in [0.15, 0.2) is 11.6 Å². The first kappa shape index (κ1) is 12.8. The summed E-state index contributed by atoms with van der Waals surface area (Å²) in [6, 6.07) is 1.86. The Kier molecular flexibility index (Phi) is 2.98. The van der Waals surface area contributed by atoms with Crippen molar-refractivity contribution in [2.45, 2.75) is 32.7 Å². The lowest BCUT2D eigenvalue weighted by Crippen LogP contribution is -2.30. The fourth-order valence-corrected chi connectivity index (χ4v) is 3.05. The van der Waals surface area contributed by atoms with Gasteiger partial charge in [0, 0.05) is 23.5 Å². The third-order valence-corrected chi connectivity index (χ3v) is 4.16. The van der Waals surface area contributed by atoms with Gasteiger partial charge >= 0.3 is 0 Å². The summed E-state index contributed by atoms with van der Waals surface area (Å²) < 4.78 is 6.28. The second kappa shape index (κ2) is 4.42. The van der Waals surface area contributed by atoms with Crippen LogP contribution in [0.25, 0.3) is 11.6 Å². The van der Waals surface area contributed by atoms with E-state index < -0.39 is 0 Å². The molecule has 1 aliphatic rings. The average molecular weight is 322 g/mol. The molecule has 2 aromatic heterocycles. The molecule has 1 aliphatic carbocycles. The topological polar surface area (TPSA) is 64.9 Å². The highest BCUT2D eigenvalue weighted by Gasteiger charge is 2.32. The van der Waals surface area contributed by atoms with Crippen molar-refractivity contribution in [3.05, 3.63) is 34.3 Å². The zero-order valence-electron chi connectivity index (χ0n) is 11.0. The molecule has 5 heteroatoms. The molecule has 1 unspecified atom stereocenters. The van der Waals surface area contributed by atoms with Crippen molar-refractivity contribution >= 4 is 15.9 Å². The van der Waals surface area contributed by atoms with Crippen molar-refractivity contribution in [1.82, 2.24) is 9.97 Å². The number of fused-ring (bicyclic) bond motifs is 1. The fraction of sp³-hybridized carbons (Fsp3) is 0.429. The minimum absolute atomic E-state index is 0.0211. The Hall–Kier alpha value is -1.20. The monoisotopic (exact) mass is 321 g/mol. The number of aromatic nitrogens is 2. The Bertz CT molecular complexity index is 621. The maximum absolute atomic E-state index is 6.21. The van der Waals surface area contributed by atoms with Crippen molar-refractivity contribution in [2.75, 3.05) is 0 Å². The summed E-state index contributed by atoms with van der Waals surface area (Å²) in [5, 5.41) is 0. The molecule has 0 spiro atoms. The van der Waals surface area contributed by atoms with Crippen LogP contribution in [0.1, 0.15) is 37.6 Å². The third-order valence-electron chi connectivity index (χ3n) is 3.54. The smallest absolute Gasteiger partial charge is 0.197 e. The second-order valence-corrected chi connectivity index (χ2v) is 6.70. The van der Waals surface area contributed by atoms with E-state index in [1.807, 2.05) is 12.3 Å². The van der Waals surface area contributed by atoms with E-state index in [2.05, 4.69) is 39.7 Å². The van der Waals surface area contributed by atoms with Crippen LogP contribution in [0.5, 0.6) is 0 Å². The maximum Gasteiger partial charge on any atom is 0.197 e. The molecule has 19 heavy (non-hydrogen) atoms. The molecule has 2 heterocycles. The number of rotatable bonds is 1. The molecule has 0 bridgehead atoms. The summed E-state index contributed by atoms with van der Waals surface area (Å²) in [7, 11) is 0. The summed E-state index contributed by atoms with van der Waals surface area (Å²) in [5.41, 5.74) is 8.49. The quantitative estimate of drug-likeness (QED) is 0.873. The van der Waals surface area contributed by atoms with Crippen LogP contribution in [-0.2, 0) is 6.42 Å². The van der Waals surface area contributed by atoms with Gasteiger partial charge in [-0.15, -0.1) is 0 Å². The van der Waals surface area contributed by atoms with E-state index in [1.54, 1.807) is 6.26 Å². The predicted molar refractivity (Wildman–Crippen MR) is 76.5 cm³/mol. The molecule has 4 nitrogen and oxygen atoms in total. The van der Waals surface area contributed by atoms with Gasteiger partial charge in [0.1, 0.15) is 0 Å². The van der Waals surface area contributed by atoms with E-state index in [0.29, 0.717) is 11.6 Å². The SMILES string of the molecule is CC1(C)Cc2nc(-c3occc3Br)ncc2C(N)C1. The van der Waals surface area contributed by atoms with Gasteiger partial charge in [-0.1, -0.05) is 13.8 Å². The van der Waals surface area contributed by atoms with Gasteiger partial charge in [0.2, 0.25) is 0 Å². The van der Waals surface area contributed by atoms with E-state index in [0.717, 1.165) is 28.6 Å². The molecule has 0 saturated heterocycles. The molecule has 2 aromatic rings. The maximum atomic E-state index is 6.21. The number of nitrogens with two attached hydrogens (primary N) is 1. The van der Waals surface area contributed by atoms with Gasteiger partial charge in [0.05, 0.1) is 10.7 Å². The van der Waals surface area contributed by atoms with Gasteiger partial charge in [0.25, 0.3) is 0 Å². The Balaban J connectivity index is 2.07. The first-order chi connectivity index (χ1) is 8.96. The lowest BCUT2D eigenvalue weighted by atomic mass is 9.74. The average Bonchev–Trinajstić information content (AvgIpc) is 2.73. The fourth-order valence-electron chi connectivity index (χ4n) is 2.67.